The third kappa shape index (κ3) is 2.24. The molecule has 1 aromatic carbocycles. The van der Waals surface area contributed by atoms with E-state index in [0.29, 0.717) is 16.3 Å². The van der Waals surface area contributed by atoms with Crippen molar-refractivity contribution in [1.29, 1.82) is 0 Å². The van der Waals surface area contributed by atoms with Gasteiger partial charge in [-0.3, -0.25) is 5.84 Å². The van der Waals surface area contributed by atoms with Gasteiger partial charge in [0.2, 0.25) is 0 Å². The van der Waals surface area contributed by atoms with Crippen molar-refractivity contribution in [2.75, 3.05) is 0 Å². The molecule has 0 aliphatic heterocycles. The Morgan fingerprint density at radius 1 is 1.16 bits per heavy atom. The summed E-state index contributed by atoms with van der Waals surface area (Å²) in [6.07, 6.45) is 1.50. The predicted octanol–water partition coefficient (Wildman–Crippen LogP) is 3.89. The minimum atomic E-state index is -0.377. The standard InChI is InChI=1S/C13H10Cl2N2O2/c14-8-1-2-10-7(5-8)6-11(19-10)12(17-16)9-3-4-18-13(9)15/h1-6,12,17H,16H2. The van der Waals surface area contributed by atoms with Crippen LogP contribution >= 0.6 is 23.2 Å². The van der Waals surface area contributed by atoms with Crippen molar-refractivity contribution < 1.29 is 8.83 Å². The van der Waals surface area contributed by atoms with Gasteiger partial charge in [0.25, 0.3) is 0 Å². The number of halogens is 2. The maximum absolute atomic E-state index is 5.96. The number of rotatable bonds is 3. The van der Waals surface area contributed by atoms with E-state index in [2.05, 4.69) is 5.43 Å². The molecule has 0 radical (unpaired) electrons. The Labute approximate surface area is 119 Å². The summed E-state index contributed by atoms with van der Waals surface area (Å²) in [6, 6.07) is 8.65. The number of hydrogen-bond donors (Lipinski definition) is 2. The second kappa shape index (κ2) is 4.90. The topological polar surface area (TPSA) is 64.3 Å². The summed E-state index contributed by atoms with van der Waals surface area (Å²) in [6.45, 7) is 0. The Bertz CT molecular complexity index is 720. The average Bonchev–Trinajstić information content (AvgIpc) is 2.97. The summed E-state index contributed by atoms with van der Waals surface area (Å²) in [5.74, 6) is 6.22. The van der Waals surface area contributed by atoms with Crippen molar-refractivity contribution in [3.05, 3.63) is 58.2 Å². The summed E-state index contributed by atoms with van der Waals surface area (Å²) >= 11 is 11.9. The molecular weight excluding hydrogens is 287 g/mol. The van der Waals surface area contributed by atoms with Crippen molar-refractivity contribution in [2.24, 2.45) is 5.84 Å². The van der Waals surface area contributed by atoms with Gasteiger partial charge < -0.3 is 8.83 Å². The fourth-order valence-corrected chi connectivity index (χ4v) is 2.42. The molecule has 0 aliphatic rings. The molecule has 0 saturated carbocycles. The maximum atomic E-state index is 5.96. The first-order chi connectivity index (χ1) is 9.19. The first-order valence-corrected chi connectivity index (χ1v) is 6.32. The average molecular weight is 297 g/mol. The van der Waals surface area contributed by atoms with Gasteiger partial charge in [-0.05, 0) is 41.9 Å². The highest BCUT2D eigenvalue weighted by molar-refractivity contribution is 6.31. The van der Waals surface area contributed by atoms with E-state index in [1.54, 1.807) is 12.1 Å². The zero-order valence-electron chi connectivity index (χ0n) is 9.69. The lowest BCUT2D eigenvalue weighted by molar-refractivity contribution is 0.472. The molecule has 0 amide bonds. The van der Waals surface area contributed by atoms with Crippen LogP contribution in [0.3, 0.4) is 0 Å². The van der Waals surface area contributed by atoms with Gasteiger partial charge in [0.15, 0.2) is 5.22 Å². The molecule has 4 nitrogen and oxygen atoms in total. The monoisotopic (exact) mass is 296 g/mol. The summed E-state index contributed by atoms with van der Waals surface area (Å²) in [4.78, 5) is 0. The molecule has 2 heterocycles. The Morgan fingerprint density at radius 2 is 2.00 bits per heavy atom. The van der Waals surface area contributed by atoms with E-state index in [9.17, 15) is 0 Å². The van der Waals surface area contributed by atoms with Crippen LogP contribution in [0.25, 0.3) is 11.0 Å². The van der Waals surface area contributed by atoms with Gasteiger partial charge >= 0.3 is 0 Å². The molecule has 0 spiro atoms. The summed E-state index contributed by atoms with van der Waals surface area (Å²) in [7, 11) is 0. The van der Waals surface area contributed by atoms with E-state index >= 15 is 0 Å². The van der Waals surface area contributed by atoms with Crippen LogP contribution in [-0.2, 0) is 0 Å². The Hall–Kier alpha value is -1.46. The number of furan rings is 2. The minimum Gasteiger partial charge on any atom is -0.459 e. The molecular formula is C13H10Cl2N2O2. The van der Waals surface area contributed by atoms with Crippen molar-refractivity contribution >= 4 is 34.2 Å². The highest BCUT2D eigenvalue weighted by atomic mass is 35.5. The van der Waals surface area contributed by atoms with Crippen molar-refractivity contribution in [2.45, 2.75) is 6.04 Å². The lowest BCUT2D eigenvalue weighted by atomic mass is 10.1. The normalized spacial score (nSPS) is 13.0. The van der Waals surface area contributed by atoms with E-state index in [-0.39, 0.29) is 11.3 Å². The van der Waals surface area contributed by atoms with Crippen molar-refractivity contribution in [3.63, 3.8) is 0 Å². The van der Waals surface area contributed by atoms with Gasteiger partial charge in [0.1, 0.15) is 17.4 Å². The fraction of sp³-hybridized carbons (Fsp3) is 0.0769. The number of benzene rings is 1. The van der Waals surface area contributed by atoms with Gasteiger partial charge in [-0.15, -0.1) is 0 Å². The van der Waals surface area contributed by atoms with E-state index in [1.807, 2.05) is 18.2 Å². The zero-order chi connectivity index (χ0) is 13.4. The lowest BCUT2D eigenvalue weighted by Gasteiger charge is -2.11. The van der Waals surface area contributed by atoms with Crippen LogP contribution in [0, 0.1) is 0 Å². The Kier molecular flexibility index (Phi) is 3.24. The molecule has 1 atom stereocenters. The molecule has 3 N–H and O–H groups in total. The van der Waals surface area contributed by atoms with Crippen LogP contribution in [0.5, 0.6) is 0 Å². The molecule has 98 valence electrons. The largest absolute Gasteiger partial charge is 0.459 e. The van der Waals surface area contributed by atoms with Crippen LogP contribution in [0.1, 0.15) is 17.4 Å². The SMILES string of the molecule is NNC(c1cc2cc(Cl)ccc2o1)c1ccoc1Cl. The molecule has 3 aromatic rings. The molecule has 2 aromatic heterocycles. The molecule has 6 heteroatoms. The smallest absolute Gasteiger partial charge is 0.198 e. The van der Waals surface area contributed by atoms with E-state index in [4.69, 9.17) is 37.9 Å². The highest BCUT2D eigenvalue weighted by Gasteiger charge is 2.21. The van der Waals surface area contributed by atoms with Gasteiger partial charge in [-0.2, -0.15) is 0 Å². The first kappa shape index (κ1) is 12.6. The van der Waals surface area contributed by atoms with Crippen LogP contribution in [0.2, 0.25) is 10.2 Å². The Balaban J connectivity index is 2.09. The number of hydrogen-bond acceptors (Lipinski definition) is 4. The molecule has 19 heavy (non-hydrogen) atoms. The maximum Gasteiger partial charge on any atom is 0.198 e. The lowest BCUT2D eigenvalue weighted by Crippen LogP contribution is -2.28. The molecule has 0 saturated heterocycles. The summed E-state index contributed by atoms with van der Waals surface area (Å²) in [5.41, 5.74) is 4.12. The van der Waals surface area contributed by atoms with Gasteiger partial charge in [0, 0.05) is 16.0 Å². The van der Waals surface area contributed by atoms with E-state index in [1.165, 1.54) is 6.26 Å². The van der Waals surface area contributed by atoms with Gasteiger partial charge in [0.05, 0.1) is 6.26 Å². The van der Waals surface area contributed by atoms with Crippen molar-refractivity contribution in [1.82, 2.24) is 5.43 Å². The second-order valence-corrected chi connectivity index (χ2v) is 4.86. The third-order valence-electron chi connectivity index (χ3n) is 2.91. The Morgan fingerprint density at radius 3 is 2.68 bits per heavy atom. The number of nitrogens with one attached hydrogen (secondary N) is 1. The minimum absolute atomic E-state index is 0.279. The summed E-state index contributed by atoms with van der Waals surface area (Å²) < 4.78 is 10.8. The summed E-state index contributed by atoms with van der Waals surface area (Å²) in [5, 5.41) is 1.84. The number of nitrogens with two attached hydrogens (primary N) is 1. The molecule has 1 unspecified atom stereocenters. The van der Waals surface area contributed by atoms with E-state index < -0.39 is 0 Å². The van der Waals surface area contributed by atoms with Gasteiger partial charge in [-0.25, -0.2) is 5.43 Å². The third-order valence-corrected chi connectivity index (χ3v) is 3.45. The molecule has 0 aliphatic carbocycles. The predicted molar refractivity (Wildman–Crippen MR) is 74.1 cm³/mol. The van der Waals surface area contributed by atoms with Gasteiger partial charge in [-0.1, -0.05) is 11.6 Å². The quantitative estimate of drug-likeness (QED) is 0.568. The number of fused-ring (bicyclic) bond motifs is 1. The van der Waals surface area contributed by atoms with Crippen LogP contribution < -0.4 is 11.3 Å². The highest BCUT2D eigenvalue weighted by Crippen LogP contribution is 2.32. The fourth-order valence-electron chi connectivity index (χ4n) is 2.01. The van der Waals surface area contributed by atoms with Crippen LogP contribution in [0.15, 0.2) is 45.4 Å². The van der Waals surface area contributed by atoms with E-state index in [0.717, 1.165) is 11.0 Å². The zero-order valence-corrected chi connectivity index (χ0v) is 11.2. The molecule has 3 rings (SSSR count). The molecule has 0 fully saturated rings. The van der Waals surface area contributed by atoms with Crippen LogP contribution in [-0.4, -0.2) is 0 Å². The number of hydrazine groups is 1. The molecule has 0 bridgehead atoms. The van der Waals surface area contributed by atoms with Crippen molar-refractivity contribution in [3.8, 4) is 0 Å². The second-order valence-electron chi connectivity index (χ2n) is 4.08. The van der Waals surface area contributed by atoms with Crippen LogP contribution in [0.4, 0.5) is 0 Å². The first-order valence-electron chi connectivity index (χ1n) is 5.57.